The maximum Gasteiger partial charge on any atom is 0.163 e. The van der Waals surface area contributed by atoms with Gasteiger partial charge in [0.1, 0.15) is 12.3 Å². The van der Waals surface area contributed by atoms with Crippen LogP contribution in [0.25, 0.3) is 11.3 Å². The maximum absolute atomic E-state index is 6.04. The predicted octanol–water partition coefficient (Wildman–Crippen LogP) is 4.27. The van der Waals surface area contributed by atoms with Gasteiger partial charge in [-0.15, -0.1) is 0 Å². The van der Waals surface area contributed by atoms with Gasteiger partial charge < -0.3 is 14.0 Å². The highest BCUT2D eigenvalue weighted by atomic mass is 35.5. The average molecular weight is 385 g/mol. The monoisotopic (exact) mass is 384 g/mol. The number of nitrogens with zero attached hydrogens (tertiary/aromatic N) is 2. The molecule has 0 amide bonds. The Kier molecular flexibility index (Phi) is 6.36. The van der Waals surface area contributed by atoms with E-state index < -0.39 is 0 Å². The van der Waals surface area contributed by atoms with Crippen LogP contribution in [0.2, 0.25) is 10.0 Å². The van der Waals surface area contributed by atoms with Crippen LogP contribution >= 0.6 is 23.2 Å². The van der Waals surface area contributed by atoms with E-state index in [4.69, 9.17) is 37.2 Å². The molecule has 1 aliphatic rings. The van der Waals surface area contributed by atoms with Crippen molar-refractivity contribution in [3.05, 3.63) is 40.1 Å². The molecule has 0 saturated carbocycles. The van der Waals surface area contributed by atoms with Crippen molar-refractivity contribution in [1.82, 2.24) is 10.1 Å². The molecule has 2 atom stereocenters. The highest BCUT2D eigenvalue weighted by Gasteiger charge is 2.24. The molecule has 0 radical (unpaired) electrons. The van der Waals surface area contributed by atoms with Gasteiger partial charge in [0.25, 0.3) is 0 Å². The van der Waals surface area contributed by atoms with Crippen molar-refractivity contribution in [2.75, 3.05) is 26.4 Å². The molecule has 0 spiro atoms. The third-order valence-electron chi connectivity index (χ3n) is 4.36. The second kappa shape index (κ2) is 8.52. The van der Waals surface area contributed by atoms with E-state index in [0.717, 1.165) is 25.3 Å². The molecule has 2 unspecified atom stereocenters. The minimum absolute atomic E-state index is 0.390. The summed E-state index contributed by atoms with van der Waals surface area (Å²) in [4.78, 5) is 2.41. The summed E-state index contributed by atoms with van der Waals surface area (Å²) in [5.41, 5.74) is 1.58. The Balaban J connectivity index is 1.49. The van der Waals surface area contributed by atoms with Crippen LogP contribution in [0.5, 0.6) is 0 Å². The van der Waals surface area contributed by atoms with Crippen molar-refractivity contribution < 1.29 is 14.0 Å². The molecule has 136 valence electrons. The lowest BCUT2D eigenvalue weighted by molar-refractivity contribution is -0.0492. The molecular formula is C18H22Cl2N2O3. The van der Waals surface area contributed by atoms with Crippen molar-refractivity contribution >= 4 is 23.2 Å². The van der Waals surface area contributed by atoms with Crippen molar-refractivity contribution in [2.24, 2.45) is 0 Å². The van der Waals surface area contributed by atoms with E-state index in [-0.39, 0.29) is 0 Å². The number of hydrogen-bond acceptors (Lipinski definition) is 5. The van der Waals surface area contributed by atoms with Crippen LogP contribution in [-0.2, 0) is 16.1 Å². The fraction of sp³-hybridized carbons (Fsp3) is 0.500. The van der Waals surface area contributed by atoms with Gasteiger partial charge in [0.2, 0.25) is 0 Å². The number of hydrogen-bond donors (Lipinski definition) is 0. The molecule has 0 N–H and O–H groups in total. The number of morpholine rings is 1. The molecule has 7 heteroatoms. The van der Waals surface area contributed by atoms with Crippen LogP contribution in [0.1, 0.15) is 19.6 Å². The van der Waals surface area contributed by atoms with Gasteiger partial charge in [-0.05, 0) is 26.0 Å². The van der Waals surface area contributed by atoms with E-state index in [0.29, 0.717) is 46.8 Å². The first-order valence-corrected chi connectivity index (χ1v) is 9.12. The number of benzene rings is 1. The van der Waals surface area contributed by atoms with Crippen LogP contribution in [0.3, 0.4) is 0 Å². The van der Waals surface area contributed by atoms with Gasteiger partial charge in [-0.25, -0.2) is 0 Å². The maximum atomic E-state index is 6.04. The summed E-state index contributed by atoms with van der Waals surface area (Å²) < 4.78 is 16.6. The summed E-state index contributed by atoms with van der Waals surface area (Å²) in [5.74, 6) is 0.684. The SMILES string of the molecule is CC1COCC(C)N1CCOCc1cc(-c2ccc(Cl)c(Cl)c2)no1. The Morgan fingerprint density at radius 3 is 2.64 bits per heavy atom. The molecule has 0 aliphatic carbocycles. The van der Waals surface area contributed by atoms with Crippen molar-refractivity contribution in [3.8, 4) is 11.3 Å². The molecule has 3 rings (SSSR count). The zero-order valence-corrected chi connectivity index (χ0v) is 15.9. The average Bonchev–Trinajstić information content (AvgIpc) is 3.05. The Morgan fingerprint density at radius 2 is 1.92 bits per heavy atom. The largest absolute Gasteiger partial charge is 0.378 e. The third kappa shape index (κ3) is 4.74. The lowest BCUT2D eigenvalue weighted by Gasteiger charge is -2.38. The van der Waals surface area contributed by atoms with Crippen molar-refractivity contribution in [3.63, 3.8) is 0 Å². The second-order valence-electron chi connectivity index (χ2n) is 6.33. The molecule has 1 aromatic heterocycles. The van der Waals surface area contributed by atoms with E-state index in [9.17, 15) is 0 Å². The van der Waals surface area contributed by atoms with Gasteiger partial charge in [-0.3, -0.25) is 4.90 Å². The number of aromatic nitrogens is 1. The first-order valence-electron chi connectivity index (χ1n) is 8.37. The number of rotatable bonds is 6. The van der Waals surface area contributed by atoms with Gasteiger partial charge in [0, 0.05) is 30.3 Å². The standard InChI is InChI=1S/C18H22Cl2N2O3/c1-12-9-24-10-13(2)22(12)5-6-23-11-15-8-18(21-25-15)14-3-4-16(19)17(20)7-14/h3-4,7-8,12-13H,5-6,9-11H2,1-2H3. The van der Waals surface area contributed by atoms with Gasteiger partial charge in [-0.2, -0.15) is 0 Å². The first kappa shape index (κ1) is 18.7. The topological polar surface area (TPSA) is 47.7 Å². The molecular weight excluding hydrogens is 363 g/mol. The Morgan fingerprint density at radius 1 is 1.16 bits per heavy atom. The van der Waals surface area contributed by atoms with E-state index in [1.165, 1.54) is 0 Å². The summed E-state index contributed by atoms with van der Waals surface area (Å²) in [5, 5.41) is 5.08. The Hall–Kier alpha value is -1.11. The van der Waals surface area contributed by atoms with Crippen LogP contribution < -0.4 is 0 Å². The highest BCUT2D eigenvalue weighted by molar-refractivity contribution is 6.42. The van der Waals surface area contributed by atoms with Gasteiger partial charge in [0.15, 0.2) is 5.76 Å². The molecule has 1 aliphatic heterocycles. The molecule has 1 saturated heterocycles. The fourth-order valence-electron chi connectivity index (χ4n) is 2.99. The first-order chi connectivity index (χ1) is 12.0. The molecule has 25 heavy (non-hydrogen) atoms. The lowest BCUT2D eigenvalue weighted by Crippen LogP contribution is -2.50. The van der Waals surface area contributed by atoms with Crippen LogP contribution in [0, 0.1) is 0 Å². The highest BCUT2D eigenvalue weighted by Crippen LogP contribution is 2.28. The van der Waals surface area contributed by atoms with E-state index in [2.05, 4.69) is 23.9 Å². The number of halogens is 2. The summed E-state index contributed by atoms with van der Waals surface area (Å²) in [6, 6.07) is 8.07. The van der Waals surface area contributed by atoms with E-state index in [1.807, 2.05) is 12.1 Å². The normalized spacial score (nSPS) is 21.6. The minimum atomic E-state index is 0.390. The molecule has 2 heterocycles. The summed E-state index contributed by atoms with van der Waals surface area (Å²) >= 11 is 12.0. The zero-order valence-electron chi connectivity index (χ0n) is 14.4. The lowest BCUT2D eigenvalue weighted by atomic mass is 10.1. The quantitative estimate of drug-likeness (QED) is 0.695. The van der Waals surface area contributed by atoms with Crippen LogP contribution in [0.4, 0.5) is 0 Å². The van der Waals surface area contributed by atoms with Crippen LogP contribution in [-0.4, -0.2) is 48.5 Å². The molecule has 2 aromatic rings. The van der Waals surface area contributed by atoms with Gasteiger partial charge in [0.05, 0.1) is 29.9 Å². The number of ether oxygens (including phenoxy) is 2. The molecule has 1 fully saturated rings. The van der Waals surface area contributed by atoms with E-state index >= 15 is 0 Å². The summed E-state index contributed by atoms with van der Waals surface area (Å²) in [6.45, 7) is 7.81. The summed E-state index contributed by atoms with van der Waals surface area (Å²) in [7, 11) is 0. The van der Waals surface area contributed by atoms with E-state index in [1.54, 1.807) is 12.1 Å². The fourth-order valence-corrected chi connectivity index (χ4v) is 3.29. The van der Waals surface area contributed by atoms with Crippen molar-refractivity contribution in [1.29, 1.82) is 0 Å². The smallest absolute Gasteiger partial charge is 0.163 e. The van der Waals surface area contributed by atoms with Gasteiger partial charge >= 0.3 is 0 Å². The van der Waals surface area contributed by atoms with Crippen molar-refractivity contribution in [2.45, 2.75) is 32.5 Å². The molecule has 0 bridgehead atoms. The summed E-state index contributed by atoms with van der Waals surface area (Å²) in [6.07, 6.45) is 0. The van der Waals surface area contributed by atoms with Crippen LogP contribution in [0.15, 0.2) is 28.8 Å². The third-order valence-corrected chi connectivity index (χ3v) is 5.10. The minimum Gasteiger partial charge on any atom is -0.378 e. The predicted molar refractivity (Wildman–Crippen MR) is 98.1 cm³/mol. The second-order valence-corrected chi connectivity index (χ2v) is 7.15. The molecule has 5 nitrogen and oxygen atoms in total. The van der Waals surface area contributed by atoms with Gasteiger partial charge in [-0.1, -0.05) is 34.4 Å². The Labute approximate surface area is 157 Å². The molecule has 1 aromatic carbocycles. The Bertz CT molecular complexity index is 697. The zero-order chi connectivity index (χ0) is 17.8.